The molecular weight excluding hydrogens is 328 g/mol. The van der Waals surface area contributed by atoms with Crippen LogP contribution in [0, 0.1) is 11.3 Å². The molecule has 1 spiro atoms. The van der Waals surface area contributed by atoms with Gasteiger partial charge in [0, 0.05) is 18.0 Å². The second-order valence-corrected chi connectivity index (χ2v) is 8.35. The summed E-state index contributed by atoms with van der Waals surface area (Å²) in [5.74, 6) is -0.948. The van der Waals surface area contributed by atoms with Crippen molar-refractivity contribution in [2.45, 2.75) is 63.5 Å². The highest BCUT2D eigenvalue weighted by atomic mass is 16.4. The van der Waals surface area contributed by atoms with Crippen LogP contribution in [0.2, 0.25) is 0 Å². The van der Waals surface area contributed by atoms with E-state index in [1.165, 1.54) is 31.2 Å². The van der Waals surface area contributed by atoms with Crippen LogP contribution in [0.15, 0.2) is 30.3 Å². The van der Waals surface area contributed by atoms with Gasteiger partial charge in [-0.15, -0.1) is 0 Å². The van der Waals surface area contributed by atoms with Gasteiger partial charge in [-0.2, -0.15) is 0 Å². The number of hydrogen-bond donors (Lipinski definition) is 2. The second-order valence-electron chi connectivity index (χ2n) is 8.35. The third-order valence-corrected chi connectivity index (χ3v) is 6.76. The third kappa shape index (κ3) is 3.08. The first kappa shape index (κ1) is 17.4. The highest BCUT2D eigenvalue weighted by Crippen LogP contribution is 2.58. The quantitative estimate of drug-likeness (QED) is 0.861. The van der Waals surface area contributed by atoms with Crippen LogP contribution in [0.1, 0.15) is 63.0 Å². The predicted octanol–water partition coefficient (Wildman–Crippen LogP) is 3.96. The number of nitrogens with one attached hydrogen (secondary N) is 1. The predicted molar refractivity (Wildman–Crippen MR) is 98.7 cm³/mol. The van der Waals surface area contributed by atoms with E-state index < -0.39 is 5.97 Å². The maximum Gasteiger partial charge on any atom is 0.318 e. The molecule has 2 aliphatic carbocycles. The molecule has 1 aliphatic heterocycles. The van der Waals surface area contributed by atoms with Gasteiger partial charge < -0.3 is 15.3 Å². The summed E-state index contributed by atoms with van der Waals surface area (Å²) in [6.07, 6.45) is 7.78. The molecule has 3 aliphatic rings. The van der Waals surface area contributed by atoms with Gasteiger partial charge in [0.05, 0.1) is 12.0 Å². The molecule has 2 saturated carbocycles. The molecule has 1 heterocycles. The molecule has 2 amide bonds. The van der Waals surface area contributed by atoms with E-state index in [4.69, 9.17) is 5.11 Å². The highest BCUT2D eigenvalue weighted by Gasteiger charge is 2.56. The van der Waals surface area contributed by atoms with Crippen molar-refractivity contribution in [3.8, 4) is 0 Å². The van der Waals surface area contributed by atoms with Crippen LogP contribution >= 0.6 is 0 Å². The fraction of sp³-hybridized carbons (Fsp3) is 0.619. The number of carboxylic acids is 1. The van der Waals surface area contributed by atoms with E-state index in [-0.39, 0.29) is 29.4 Å². The summed E-state index contributed by atoms with van der Waals surface area (Å²) >= 11 is 0. The van der Waals surface area contributed by atoms with Gasteiger partial charge in [0.25, 0.3) is 0 Å². The molecule has 1 aromatic rings. The van der Waals surface area contributed by atoms with Crippen LogP contribution in [0.25, 0.3) is 0 Å². The molecule has 0 aromatic heterocycles. The summed E-state index contributed by atoms with van der Waals surface area (Å²) in [4.78, 5) is 26.0. The first-order valence-electron chi connectivity index (χ1n) is 9.94. The van der Waals surface area contributed by atoms with Crippen LogP contribution in [0.3, 0.4) is 0 Å². The third-order valence-electron chi connectivity index (χ3n) is 6.76. The molecular formula is C21H28N2O3. The average molecular weight is 356 g/mol. The summed E-state index contributed by atoms with van der Waals surface area (Å²) in [5.41, 5.74) is 1.50. The number of urea groups is 1. The zero-order chi connectivity index (χ0) is 18.1. The summed E-state index contributed by atoms with van der Waals surface area (Å²) in [5, 5.41) is 12.3. The fourth-order valence-corrected chi connectivity index (χ4v) is 5.35. The molecule has 1 aromatic carbocycles. The van der Waals surface area contributed by atoms with Gasteiger partial charge in [-0.05, 0) is 44.1 Å². The number of benzene rings is 1. The van der Waals surface area contributed by atoms with E-state index in [0.717, 1.165) is 19.4 Å². The van der Waals surface area contributed by atoms with E-state index in [1.54, 1.807) is 0 Å². The van der Waals surface area contributed by atoms with Gasteiger partial charge in [-0.3, -0.25) is 4.79 Å². The molecule has 0 bridgehead atoms. The van der Waals surface area contributed by atoms with E-state index in [1.807, 2.05) is 11.0 Å². The van der Waals surface area contributed by atoms with Crippen molar-refractivity contribution in [2.24, 2.45) is 11.3 Å². The Hall–Kier alpha value is -2.04. The van der Waals surface area contributed by atoms with Crippen LogP contribution in [-0.4, -0.2) is 34.6 Å². The molecule has 3 fully saturated rings. The van der Waals surface area contributed by atoms with Crippen molar-refractivity contribution in [2.75, 3.05) is 6.54 Å². The Kier molecular flexibility index (Phi) is 4.63. The molecule has 1 unspecified atom stereocenters. The van der Waals surface area contributed by atoms with Crippen molar-refractivity contribution in [3.63, 3.8) is 0 Å². The zero-order valence-corrected chi connectivity index (χ0v) is 15.2. The fourth-order valence-electron chi connectivity index (χ4n) is 5.35. The minimum Gasteiger partial charge on any atom is -0.481 e. The van der Waals surface area contributed by atoms with Crippen molar-refractivity contribution in [1.82, 2.24) is 10.2 Å². The topological polar surface area (TPSA) is 69.6 Å². The van der Waals surface area contributed by atoms with Crippen LogP contribution < -0.4 is 5.32 Å². The Morgan fingerprint density at radius 3 is 2.31 bits per heavy atom. The van der Waals surface area contributed by atoms with Gasteiger partial charge in [-0.25, -0.2) is 4.79 Å². The largest absolute Gasteiger partial charge is 0.481 e. The average Bonchev–Trinajstić information content (AvgIpc) is 3.13. The molecule has 4 rings (SSSR count). The Morgan fingerprint density at radius 1 is 1.04 bits per heavy atom. The molecule has 5 heteroatoms. The number of carbonyl (C=O) groups excluding carboxylic acids is 1. The van der Waals surface area contributed by atoms with E-state index in [0.29, 0.717) is 12.8 Å². The first-order valence-corrected chi connectivity index (χ1v) is 9.94. The minimum atomic E-state index is -0.704. The summed E-state index contributed by atoms with van der Waals surface area (Å²) < 4.78 is 0. The number of aliphatic carboxylic acids is 1. The molecule has 5 nitrogen and oxygen atoms in total. The smallest absolute Gasteiger partial charge is 0.318 e. The Labute approximate surface area is 154 Å². The summed E-state index contributed by atoms with van der Waals surface area (Å²) in [7, 11) is 0. The number of carbonyl (C=O) groups is 2. The lowest BCUT2D eigenvalue weighted by atomic mass is 9.67. The van der Waals surface area contributed by atoms with E-state index in [9.17, 15) is 9.59 Å². The van der Waals surface area contributed by atoms with E-state index in [2.05, 4.69) is 29.6 Å². The second kappa shape index (κ2) is 6.93. The lowest BCUT2D eigenvalue weighted by Crippen LogP contribution is -2.62. The normalized spacial score (nSPS) is 30.0. The first-order chi connectivity index (χ1) is 12.6. The lowest BCUT2D eigenvalue weighted by molar-refractivity contribution is -0.142. The van der Waals surface area contributed by atoms with Gasteiger partial charge in [-0.1, -0.05) is 43.2 Å². The van der Waals surface area contributed by atoms with Crippen LogP contribution in [0.5, 0.6) is 0 Å². The molecule has 1 saturated heterocycles. The monoisotopic (exact) mass is 356 g/mol. The maximum atomic E-state index is 12.9. The SMILES string of the molecule is O=C(O)C1CCC(NC(=O)N2CC3(CCCC3)C2c2ccccc2)CC1. The van der Waals surface area contributed by atoms with Crippen molar-refractivity contribution in [1.29, 1.82) is 0 Å². The number of likely N-dealkylation sites (tertiary alicyclic amines) is 1. The standard InChI is InChI=1S/C21H28N2O3/c24-19(25)16-8-10-17(11-9-16)22-20(26)23-14-21(12-4-5-13-21)18(23)15-6-2-1-3-7-15/h1-3,6-7,16-18H,4-5,8-14H2,(H,22,26)(H,24,25). The van der Waals surface area contributed by atoms with Gasteiger partial charge in [0.2, 0.25) is 0 Å². The van der Waals surface area contributed by atoms with Gasteiger partial charge in [0.1, 0.15) is 0 Å². The number of hydrogen-bond acceptors (Lipinski definition) is 2. The molecule has 26 heavy (non-hydrogen) atoms. The van der Waals surface area contributed by atoms with Crippen LogP contribution in [0.4, 0.5) is 4.79 Å². The highest BCUT2D eigenvalue weighted by molar-refractivity contribution is 5.77. The lowest BCUT2D eigenvalue weighted by Gasteiger charge is -2.56. The maximum absolute atomic E-state index is 12.9. The molecule has 1 atom stereocenters. The number of nitrogens with zero attached hydrogens (tertiary/aromatic N) is 1. The van der Waals surface area contributed by atoms with Crippen LogP contribution in [-0.2, 0) is 4.79 Å². The van der Waals surface area contributed by atoms with Crippen molar-refractivity contribution >= 4 is 12.0 Å². The summed E-state index contributed by atoms with van der Waals surface area (Å²) in [6, 6.07) is 10.7. The van der Waals surface area contributed by atoms with E-state index >= 15 is 0 Å². The zero-order valence-electron chi connectivity index (χ0n) is 15.2. The Bertz CT molecular complexity index is 661. The van der Waals surface area contributed by atoms with Gasteiger partial charge >= 0.3 is 12.0 Å². The van der Waals surface area contributed by atoms with Crippen molar-refractivity contribution in [3.05, 3.63) is 35.9 Å². The molecule has 0 radical (unpaired) electrons. The summed E-state index contributed by atoms with van der Waals surface area (Å²) in [6.45, 7) is 0.850. The molecule has 2 N–H and O–H groups in total. The molecule has 140 valence electrons. The number of amides is 2. The number of rotatable bonds is 3. The Balaban J connectivity index is 1.42. The van der Waals surface area contributed by atoms with Gasteiger partial charge in [0.15, 0.2) is 0 Å². The van der Waals surface area contributed by atoms with Crippen molar-refractivity contribution < 1.29 is 14.7 Å². The Morgan fingerprint density at radius 2 is 1.69 bits per heavy atom. The minimum absolute atomic E-state index is 0.0233. The number of carboxylic acid groups (broad SMARTS) is 1.